The molecule has 162 valence electrons. The molecule has 1 amide bonds. The molecule has 6 nitrogen and oxygen atoms in total. The van der Waals surface area contributed by atoms with Gasteiger partial charge in [-0.05, 0) is 30.3 Å². The molecule has 0 radical (unpaired) electrons. The van der Waals surface area contributed by atoms with Crippen LogP contribution in [0.1, 0.15) is 24.2 Å². The average molecular weight is 454 g/mol. The van der Waals surface area contributed by atoms with E-state index >= 15 is 0 Å². The first-order chi connectivity index (χ1) is 14.3. The third-order valence-corrected chi connectivity index (χ3v) is 7.79. The van der Waals surface area contributed by atoms with Crippen LogP contribution >= 0.6 is 11.6 Å². The smallest absolute Gasteiger partial charge is 0.254 e. The second-order valence-electron chi connectivity index (χ2n) is 6.97. The highest BCUT2D eigenvalue weighted by molar-refractivity contribution is 7.89. The molecule has 0 atom stereocenters. The molecular formula is C21H25ClFN3O3S. The van der Waals surface area contributed by atoms with Crippen LogP contribution in [0.15, 0.2) is 47.4 Å². The average Bonchev–Trinajstić information content (AvgIpc) is 2.74. The summed E-state index contributed by atoms with van der Waals surface area (Å²) in [7, 11) is -3.79. The van der Waals surface area contributed by atoms with Gasteiger partial charge in [0, 0.05) is 44.8 Å². The van der Waals surface area contributed by atoms with Crippen molar-refractivity contribution in [2.45, 2.75) is 18.7 Å². The number of carbonyl (C=O) groups excluding carboxylic acids is 1. The van der Waals surface area contributed by atoms with Crippen LogP contribution in [0.5, 0.6) is 0 Å². The van der Waals surface area contributed by atoms with Gasteiger partial charge in [0.1, 0.15) is 10.7 Å². The number of rotatable bonds is 6. The molecule has 0 N–H and O–H groups in total. The SMILES string of the molecule is CCN(CC)S(=O)(=O)c1cc(C(=O)N2CCN(c3ccccc3F)CC2)ccc1Cl. The van der Waals surface area contributed by atoms with Gasteiger partial charge in [-0.3, -0.25) is 4.79 Å². The molecule has 2 aromatic carbocycles. The lowest BCUT2D eigenvalue weighted by Crippen LogP contribution is -2.49. The fourth-order valence-electron chi connectivity index (χ4n) is 3.58. The Bertz CT molecular complexity index is 1020. The maximum absolute atomic E-state index is 14.0. The van der Waals surface area contributed by atoms with Crippen LogP contribution in [0.2, 0.25) is 5.02 Å². The van der Waals surface area contributed by atoms with Crippen molar-refractivity contribution in [1.82, 2.24) is 9.21 Å². The molecule has 0 saturated carbocycles. The van der Waals surface area contributed by atoms with Gasteiger partial charge in [0.15, 0.2) is 0 Å². The van der Waals surface area contributed by atoms with E-state index in [1.165, 1.54) is 28.6 Å². The molecule has 30 heavy (non-hydrogen) atoms. The minimum atomic E-state index is -3.79. The van der Waals surface area contributed by atoms with Gasteiger partial charge in [-0.1, -0.05) is 37.6 Å². The van der Waals surface area contributed by atoms with Crippen molar-refractivity contribution < 1.29 is 17.6 Å². The van der Waals surface area contributed by atoms with Crippen LogP contribution in [0, 0.1) is 5.82 Å². The summed E-state index contributed by atoms with van der Waals surface area (Å²) in [6.07, 6.45) is 0. The molecule has 1 heterocycles. The molecule has 1 fully saturated rings. The van der Waals surface area contributed by atoms with Crippen molar-refractivity contribution in [2.75, 3.05) is 44.2 Å². The van der Waals surface area contributed by atoms with Gasteiger partial charge < -0.3 is 9.80 Å². The van der Waals surface area contributed by atoms with Crippen molar-refractivity contribution in [1.29, 1.82) is 0 Å². The molecule has 0 aromatic heterocycles. The number of hydrogen-bond donors (Lipinski definition) is 0. The van der Waals surface area contributed by atoms with E-state index in [9.17, 15) is 17.6 Å². The number of benzene rings is 2. The zero-order valence-electron chi connectivity index (χ0n) is 17.0. The molecule has 1 aliphatic rings. The number of amides is 1. The van der Waals surface area contributed by atoms with E-state index in [-0.39, 0.29) is 27.2 Å². The summed E-state index contributed by atoms with van der Waals surface area (Å²) < 4.78 is 41.1. The van der Waals surface area contributed by atoms with Gasteiger partial charge in [0.25, 0.3) is 5.91 Å². The lowest BCUT2D eigenvalue weighted by molar-refractivity contribution is 0.0746. The molecule has 0 aliphatic carbocycles. The van der Waals surface area contributed by atoms with Crippen LogP contribution in [0.3, 0.4) is 0 Å². The molecule has 2 aromatic rings. The van der Waals surface area contributed by atoms with Gasteiger partial charge in [0.2, 0.25) is 10.0 Å². The molecule has 9 heteroatoms. The Kier molecular flexibility index (Phi) is 7.00. The summed E-state index contributed by atoms with van der Waals surface area (Å²) in [5.74, 6) is -0.558. The number of hydrogen-bond acceptors (Lipinski definition) is 4. The maximum atomic E-state index is 14.0. The van der Waals surface area contributed by atoms with E-state index in [4.69, 9.17) is 11.6 Å². The first kappa shape index (κ1) is 22.5. The van der Waals surface area contributed by atoms with Gasteiger partial charge in [0.05, 0.1) is 10.7 Å². The van der Waals surface area contributed by atoms with Crippen LogP contribution in [-0.4, -0.2) is 62.8 Å². The minimum Gasteiger partial charge on any atom is -0.366 e. The molecule has 1 saturated heterocycles. The summed E-state index contributed by atoms with van der Waals surface area (Å²) >= 11 is 6.16. The number of anilines is 1. The van der Waals surface area contributed by atoms with Crippen molar-refractivity contribution >= 4 is 33.2 Å². The fourth-order valence-corrected chi connectivity index (χ4v) is 5.54. The lowest BCUT2D eigenvalue weighted by Gasteiger charge is -2.36. The van der Waals surface area contributed by atoms with E-state index in [2.05, 4.69) is 0 Å². The van der Waals surface area contributed by atoms with Crippen molar-refractivity contribution in [2.24, 2.45) is 0 Å². The Morgan fingerprint density at radius 2 is 1.70 bits per heavy atom. The number of para-hydroxylation sites is 1. The lowest BCUT2D eigenvalue weighted by atomic mass is 10.1. The predicted octanol–water partition coefficient (Wildman–Crippen LogP) is 3.47. The van der Waals surface area contributed by atoms with Crippen molar-refractivity contribution in [3.63, 3.8) is 0 Å². The molecule has 0 unspecified atom stereocenters. The van der Waals surface area contributed by atoms with E-state index in [1.54, 1.807) is 36.9 Å². The first-order valence-corrected chi connectivity index (χ1v) is 11.7. The molecule has 0 bridgehead atoms. The van der Waals surface area contributed by atoms with Crippen molar-refractivity contribution in [3.8, 4) is 0 Å². The predicted molar refractivity (Wildman–Crippen MR) is 116 cm³/mol. The Morgan fingerprint density at radius 1 is 1.07 bits per heavy atom. The number of sulfonamides is 1. The summed E-state index contributed by atoms with van der Waals surface area (Å²) in [5.41, 5.74) is 0.785. The Morgan fingerprint density at radius 3 is 2.30 bits per heavy atom. The summed E-state index contributed by atoms with van der Waals surface area (Å²) in [6, 6.07) is 10.9. The van der Waals surface area contributed by atoms with Crippen LogP contribution in [-0.2, 0) is 10.0 Å². The number of piperazine rings is 1. The van der Waals surface area contributed by atoms with Crippen LogP contribution in [0.25, 0.3) is 0 Å². The third kappa shape index (κ3) is 4.45. The second kappa shape index (κ2) is 9.32. The van der Waals surface area contributed by atoms with Crippen molar-refractivity contribution in [3.05, 3.63) is 58.9 Å². The first-order valence-electron chi connectivity index (χ1n) is 9.88. The zero-order valence-corrected chi connectivity index (χ0v) is 18.6. The largest absolute Gasteiger partial charge is 0.366 e. The van der Waals surface area contributed by atoms with Crippen LogP contribution in [0.4, 0.5) is 10.1 Å². The standard InChI is InChI=1S/C21H25ClFN3O3S/c1-3-26(4-2)30(28,29)20-15-16(9-10-17(20)22)21(27)25-13-11-24(12-14-25)19-8-6-5-7-18(19)23/h5-10,15H,3-4,11-14H2,1-2H3. The molecular weight excluding hydrogens is 429 g/mol. The van der Waals surface area contributed by atoms with Gasteiger partial charge in [-0.15, -0.1) is 0 Å². The normalized spacial score (nSPS) is 15.0. The molecule has 0 spiro atoms. The van der Waals surface area contributed by atoms with E-state index in [0.29, 0.717) is 45.0 Å². The summed E-state index contributed by atoms with van der Waals surface area (Å²) in [5, 5.41) is 0.0859. The van der Waals surface area contributed by atoms with Gasteiger partial charge in [-0.25, -0.2) is 12.8 Å². The highest BCUT2D eigenvalue weighted by atomic mass is 35.5. The summed E-state index contributed by atoms with van der Waals surface area (Å²) in [4.78, 5) is 16.5. The number of nitrogens with zero attached hydrogens (tertiary/aromatic N) is 3. The third-order valence-electron chi connectivity index (χ3n) is 5.26. The number of carbonyl (C=O) groups is 1. The van der Waals surface area contributed by atoms with Gasteiger partial charge in [-0.2, -0.15) is 4.31 Å². The Balaban J connectivity index is 1.78. The Labute approximate surface area is 181 Å². The van der Waals surface area contributed by atoms with Gasteiger partial charge >= 0.3 is 0 Å². The van der Waals surface area contributed by atoms with E-state index in [1.807, 2.05) is 4.90 Å². The highest BCUT2D eigenvalue weighted by Crippen LogP contribution is 2.27. The van der Waals surface area contributed by atoms with E-state index < -0.39 is 10.0 Å². The molecule has 1 aliphatic heterocycles. The van der Waals surface area contributed by atoms with Crippen LogP contribution < -0.4 is 4.90 Å². The maximum Gasteiger partial charge on any atom is 0.254 e. The Hall–Kier alpha value is -2.16. The highest BCUT2D eigenvalue weighted by Gasteiger charge is 2.28. The molecule has 3 rings (SSSR count). The topological polar surface area (TPSA) is 60.9 Å². The monoisotopic (exact) mass is 453 g/mol. The fraction of sp³-hybridized carbons (Fsp3) is 0.381. The zero-order chi connectivity index (χ0) is 21.9. The second-order valence-corrected chi connectivity index (χ2v) is 9.28. The minimum absolute atomic E-state index is 0.0660. The number of halogens is 2. The van der Waals surface area contributed by atoms with E-state index in [0.717, 1.165) is 0 Å². The quantitative estimate of drug-likeness (QED) is 0.672. The summed E-state index contributed by atoms with van der Waals surface area (Å²) in [6.45, 7) is 5.92.